The van der Waals surface area contributed by atoms with E-state index in [9.17, 15) is 13.2 Å². The molecule has 0 amide bonds. The highest BCUT2D eigenvalue weighted by atomic mass is 19.4. The summed E-state index contributed by atoms with van der Waals surface area (Å²) in [5.74, 6) is 0.441. The third-order valence-corrected chi connectivity index (χ3v) is 6.33. The number of benzene rings is 3. The lowest BCUT2D eigenvalue weighted by atomic mass is 9.76. The molecule has 1 atom stereocenters. The summed E-state index contributed by atoms with van der Waals surface area (Å²) in [5.41, 5.74) is 4.61. The van der Waals surface area contributed by atoms with Crippen LogP contribution in [0.15, 0.2) is 72.8 Å². The molecule has 0 fully saturated rings. The molecule has 0 bridgehead atoms. The molecule has 0 radical (unpaired) electrons. The lowest BCUT2D eigenvalue weighted by molar-refractivity contribution is -0.137. The van der Waals surface area contributed by atoms with E-state index in [4.69, 9.17) is 0 Å². The molecule has 1 aliphatic heterocycles. The number of rotatable bonds is 3. The smallest absolute Gasteiger partial charge is 0.358 e. The fourth-order valence-corrected chi connectivity index (χ4v) is 4.54. The molecule has 30 heavy (non-hydrogen) atoms. The average Bonchev–Trinajstić information content (AvgIpc) is 2.74. The minimum absolute atomic E-state index is 0.441. The maximum absolute atomic E-state index is 13.1. The predicted molar refractivity (Wildman–Crippen MR) is 116 cm³/mol. The summed E-state index contributed by atoms with van der Waals surface area (Å²) < 4.78 is 39.2. The Balaban J connectivity index is 1.83. The first-order chi connectivity index (χ1) is 14.2. The monoisotopic (exact) mass is 409 g/mol. The van der Waals surface area contributed by atoms with Gasteiger partial charge in [-0.3, -0.25) is 0 Å². The van der Waals surface area contributed by atoms with Gasteiger partial charge in [-0.1, -0.05) is 62.4 Å². The van der Waals surface area contributed by atoms with Crippen molar-refractivity contribution in [2.24, 2.45) is 0 Å². The number of alkyl halides is 3. The van der Waals surface area contributed by atoms with Gasteiger partial charge in [0.1, 0.15) is 0 Å². The van der Waals surface area contributed by atoms with Gasteiger partial charge in [0.2, 0.25) is 0 Å². The summed E-state index contributed by atoms with van der Waals surface area (Å²) in [7, 11) is 0. The second kappa shape index (κ2) is 7.50. The van der Waals surface area contributed by atoms with Gasteiger partial charge in [0.05, 0.1) is 11.1 Å². The number of halogens is 3. The molecule has 4 rings (SSSR count). The molecule has 0 N–H and O–H groups in total. The van der Waals surface area contributed by atoms with E-state index >= 15 is 0 Å². The van der Waals surface area contributed by atoms with Gasteiger partial charge >= 0.3 is 6.18 Å². The first kappa shape index (κ1) is 20.5. The molecule has 1 aliphatic rings. The van der Waals surface area contributed by atoms with E-state index in [0.29, 0.717) is 5.92 Å². The predicted octanol–water partition coefficient (Wildman–Crippen LogP) is 7.16. The third kappa shape index (κ3) is 3.49. The first-order valence-corrected chi connectivity index (χ1v) is 10.3. The zero-order valence-corrected chi connectivity index (χ0v) is 17.5. The molecule has 1 unspecified atom stereocenters. The van der Waals surface area contributed by atoms with Gasteiger partial charge in [-0.05, 0) is 65.8 Å². The Morgan fingerprint density at radius 1 is 0.867 bits per heavy atom. The highest BCUT2D eigenvalue weighted by molar-refractivity contribution is 5.60. The van der Waals surface area contributed by atoms with Gasteiger partial charge < -0.3 is 4.90 Å². The summed E-state index contributed by atoms with van der Waals surface area (Å²) in [5, 5.41) is 0. The minimum Gasteiger partial charge on any atom is -0.358 e. The van der Waals surface area contributed by atoms with Crippen molar-refractivity contribution in [1.82, 2.24) is 0 Å². The van der Waals surface area contributed by atoms with E-state index in [2.05, 4.69) is 68.1 Å². The second-order valence-corrected chi connectivity index (χ2v) is 8.45. The van der Waals surface area contributed by atoms with E-state index in [1.54, 1.807) is 12.1 Å². The van der Waals surface area contributed by atoms with Gasteiger partial charge in [0.15, 0.2) is 0 Å². The average molecular weight is 409 g/mol. The van der Waals surface area contributed by atoms with Crippen LogP contribution in [0.25, 0.3) is 0 Å². The molecule has 0 spiro atoms. The molecule has 0 aromatic heterocycles. The van der Waals surface area contributed by atoms with Crippen LogP contribution in [-0.2, 0) is 18.1 Å². The van der Waals surface area contributed by atoms with E-state index in [-0.39, 0.29) is 0 Å². The minimum atomic E-state index is -4.33. The molecular formula is C26H26F3N. The van der Waals surface area contributed by atoms with Crippen molar-refractivity contribution >= 4 is 5.69 Å². The van der Waals surface area contributed by atoms with Crippen LogP contribution >= 0.6 is 0 Å². The third-order valence-electron chi connectivity index (χ3n) is 6.33. The van der Waals surface area contributed by atoms with Crippen molar-refractivity contribution in [3.05, 3.63) is 101 Å². The molecule has 0 saturated heterocycles. The zero-order chi connectivity index (χ0) is 21.5. The van der Waals surface area contributed by atoms with Gasteiger partial charge in [-0.15, -0.1) is 0 Å². The first-order valence-electron chi connectivity index (χ1n) is 10.3. The fourth-order valence-electron chi connectivity index (χ4n) is 4.54. The molecular weight excluding hydrogens is 383 g/mol. The Labute approximate surface area is 176 Å². The number of anilines is 1. The standard InChI is InChI=1S/C26H26F3N/c1-18(2)19-8-10-21(11-9-19)25(3)24-7-5-4-6-20(24)16-17-30(25)23-14-12-22(13-15-23)26(27,28)29/h4-15,18H,16-17H2,1-3H3. The van der Waals surface area contributed by atoms with Crippen LogP contribution in [0.3, 0.4) is 0 Å². The molecule has 3 aromatic carbocycles. The number of nitrogens with zero attached hydrogens (tertiary/aromatic N) is 1. The van der Waals surface area contributed by atoms with E-state index < -0.39 is 17.3 Å². The van der Waals surface area contributed by atoms with Crippen molar-refractivity contribution in [3.8, 4) is 0 Å². The van der Waals surface area contributed by atoms with Crippen molar-refractivity contribution in [2.75, 3.05) is 11.4 Å². The Kier molecular flexibility index (Phi) is 5.13. The summed E-state index contributed by atoms with van der Waals surface area (Å²) in [4.78, 5) is 2.24. The van der Waals surface area contributed by atoms with Crippen LogP contribution in [-0.4, -0.2) is 6.54 Å². The molecule has 4 heteroatoms. The van der Waals surface area contributed by atoms with E-state index in [1.807, 2.05) is 6.07 Å². The quantitative estimate of drug-likeness (QED) is 0.444. The Hall–Kier alpha value is -2.75. The lowest BCUT2D eigenvalue weighted by Gasteiger charge is -2.48. The summed E-state index contributed by atoms with van der Waals surface area (Å²) in [6, 6.07) is 22.6. The van der Waals surface area contributed by atoms with Crippen LogP contribution in [0.4, 0.5) is 18.9 Å². The highest BCUT2D eigenvalue weighted by Gasteiger charge is 2.40. The Bertz CT molecular complexity index is 1020. The number of hydrogen-bond acceptors (Lipinski definition) is 1. The van der Waals surface area contributed by atoms with Crippen LogP contribution in [0, 0.1) is 0 Å². The number of fused-ring (bicyclic) bond motifs is 1. The Morgan fingerprint density at radius 2 is 1.50 bits per heavy atom. The van der Waals surface area contributed by atoms with Gasteiger partial charge in [-0.25, -0.2) is 0 Å². The maximum atomic E-state index is 13.1. The molecule has 0 aliphatic carbocycles. The fraction of sp³-hybridized carbons (Fsp3) is 0.308. The highest BCUT2D eigenvalue weighted by Crippen LogP contribution is 2.44. The summed E-state index contributed by atoms with van der Waals surface area (Å²) >= 11 is 0. The molecule has 1 heterocycles. The van der Waals surface area contributed by atoms with Crippen LogP contribution in [0.2, 0.25) is 0 Å². The van der Waals surface area contributed by atoms with Crippen molar-refractivity contribution < 1.29 is 13.2 Å². The molecule has 1 nitrogen and oxygen atoms in total. The lowest BCUT2D eigenvalue weighted by Crippen LogP contribution is -2.49. The normalized spacial score (nSPS) is 19.1. The SMILES string of the molecule is CC(C)c1ccc(C2(C)c3ccccc3CCN2c2ccc(C(F)(F)F)cc2)cc1. The van der Waals surface area contributed by atoms with Crippen molar-refractivity contribution in [1.29, 1.82) is 0 Å². The van der Waals surface area contributed by atoms with Crippen LogP contribution in [0.1, 0.15) is 54.5 Å². The van der Waals surface area contributed by atoms with Crippen molar-refractivity contribution in [2.45, 2.75) is 44.8 Å². The molecule has 0 saturated carbocycles. The van der Waals surface area contributed by atoms with Crippen LogP contribution in [0.5, 0.6) is 0 Å². The summed E-state index contributed by atoms with van der Waals surface area (Å²) in [6.45, 7) is 7.25. The molecule has 3 aromatic rings. The topological polar surface area (TPSA) is 3.24 Å². The van der Waals surface area contributed by atoms with E-state index in [0.717, 1.165) is 24.2 Å². The van der Waals surface area contributed by atoms with E-state index in [1.165, 1.54) is 28.8 Å². The second-order valence-electron chi connectivity index (χ2n) is 8.45. The largest absolute Gasteiger partial charge is 0.416 e. The van der Waals surface area contributed by atoms with Gasteiger partial charge in [-0.2, -0.15) is 13.2 Å². The number of hydrogen-bond donors (Lipinski definition) is 0. The zero-order valence-electron chi connectivity index (χ0n) is 17.5. The maximum Gasteiger partial charge on any atom is 0.416 e. The molecule has 156 valence electrons. The van der Waals surface area contributed by atoms with Crippen LogP contribution < -0.4 is 4.90 Å². The van der Waals surface area contributed by atoms with Crippen molar-refractivity contribution in [3.63, 3.8) is 0 Å². The Morgan fingerprint density at radius 3 is 2.10 bits per heavy atom. The summed E-state index contributed by atoms with van der Waals surface area (Å²) in [6.07, 6.45) is -3.47. The van der Waals surface area contributed by atoms with Gasteiger partial charge in [0.25, 0.3) is 0 Å². The van der Waals surface area contributed by atoms with Gasteiger partial charge in [0, 0.05) is 12.2 Å².